The van der Waals surface area contributed by atoms with Gasteiger partial charge >= 0.3 is 0 Å². The monoisotopic (exact) mass is 239 g/mol. The molecular weight excluding hydrogens is 218 g/mol. The molecule has 0 saturated carbocycles. The number of nitrogens with zero attached hydrogens (tertiary/aromatic N) is 2. The zero-order valence-corrected chi connectivity index (χ0v) is 11.0. The highest BCUT2D eigenvalue weighted by molar-refractivity contribution is 5.38. The van der Waals surface area contributed by atoms with Gasteiger partial charge in [0, 0.05) is 19.7 Å². The molecule has 0 aliphatic heterocycles. The topological polar surface area (TPSA) is 56.3 Å². The fourth-order valence-corrected chi connectivity index (χ4v) is 1.24. The average Bonchev–Trinajstić information content (AvgIpc) is 2.26. The van der Waals surface area contributed by atoms with E-state index < -0.39 is 0 Å². The first-order chi connectivity index (χ1) is 8.11. The third kappa shape index (κ3) is 5.49. The molecule has 0 spiro atoms. The van der Waals surface area contributed by atoms with Crippen molar-refractivity contribution >= 4 is 5.82 Å². The Labute approximate surface area is 103 Å². The van der Waals surface area contributed by atoms with Crippen LogP contribution in [0.4, 0.5) is 5.82 Å². The summed E-state index contributed by atoms with van der Waals surface area (Å²) < 4.78 is 10.4. The summed E-state index contributed by atoms with van der Waals surface area (Å²) in [6.07, 6.45) is 0. The highest BCUT2D eigenvalue weighted by Crippen LogP contribution is 2.13. The van der Waals surface area contributed by atoms with Crippen molar-refractivity contribution in [2.24, 2.45) is 5.92 Å². The van der Waals surface area contributed by atoms with Crippen LogP contribution < -0.4 is 10.1 Å². The Hall–Kier alpha value is -1.36. The van der Waals surface area contributed by atoms with Crippen molar-refractivity contribution in [3.8, 4) is 5.88 Å². The predicted molar refractivity (Wildman–Crippen MR) is 67.5 cm³/mol. The van der Waals surface area contributed by atoms with Gasteiger partial charge in [-0.15, -0.1) is 0 Å². The zero-order chi connectivity index (χ0) is 12.7. The van der Waals surface area contributed by atoms with Gasteiger partial charge in [0.25, 0.3) is 0 Å². The van der Waals surface area contributed by atoms with Crippen molar-refractivity contribution in [2.45, 2.75) is 20.8 Å². The SMILES string of the molecule is COCCOc1cc(NCC(C)C)nc(C)n1. The molecular formula is C12H21N3O2. The molecule has 0 unspecified atom stereocenters. The van der Waals surface area contributed by atoms with Gasteiger partial charge in [-0.05, 0) is 12.8 Å². The van der Waals surface area contributed by atoms with Crippen molar-refractivity contribution in [3.63, 3.8) is 0 Å². The van der Waals surface area contributed by atoms with Crippen molar-refractivity contribution < 1.29 is 9.47 Å². The van der Waals surface area contributed by atoms with Crippen molar-refractivity contribution in [1.29, 1.82) is 0 Å². The first-order valence-electron chi connectivity index (χ1n) is 5.83. The van der Waals surface area contributed by atoms with Crippen LogP contribution in [0.3, 0.4) is 0 Å². The van der Waals surface area contributed by atoms with Crippen LogP contribution in [0.25, 0.3) is 0 Å². The molecule has 96 valence electrons. The minimum atomic E-state index is 0.497. The van der Waals surface area contributed by atoms with E-state index in [1.165, 1.54) is 0 Å². The molecule has 0 atom stereocenters. The average molecular weight is 239 g/mol. The molecule has 1 rings (SSSR count). The number of hydrogen-bond donors (Lipinski definition) is 1. The number of aryl methyl sites for hydroxylation is 1. The van der Waals surface area contributed by atoms with Gasteiger partial charge in [-0.1, -0.05) is 13.8 Å². The minimum absolute atomic E-state index is 0.497. The van der Waals surface area contributed by atoms with Crippen molar-refractivity contribution in [3.05, 3.63) is 11.9 Å². The molecule has 1 heterocycles. The normalized spacial score (nSPS) is 10.6. The largest absolute Gasteiger partial charge is 0.475 e. The van der Waals surface area contributed by atoms with Gasteiger partial charge in [0.2, 0.25) is 5.88 Å². The second-order valence-electron chi connectivity index (χ2n) is 4.25. The van der Waals surface area contributed by atoms with Crippen molar-refractivity contribution in [1.82, 2.24) is 9.97 Å². The fraction of sp³-hybridized carbons (Fsp3) is 0.667. The lowest BCUT2D eigenvalue weighted by Gasteiger charge is -2.10. The van der Waals surface area contributed by atoms with Crippen LogP contribution in [0.5, 0.6) is 5.88 Å². The Balaban J connectivity index is 2.59. The lowest BCUT2D eigenvalue weighted by molar-refractivity contribution is 0.143. The fourth-order valence-electron chi connectivity index (χ4n) is 1.24. The standard InChI is InChI=1S/C12H21N3O2/c1-9(2)8-13-11-7-12(15-10(3)14-11)17-6-5-16-4/h7,9H,5-6,8H2,1-4H3,(H,13,14,15). The molecule has 0 fully saturated rings. The maximum Gasteiger partial charge on any atom is 0.218 e. The predicted octanol–water partition coefficient (Wildman–Crippen LogP) is 1.88. The van der Waals surface area contributed by atoms with E-state index in [2.05, 4.69) is 29.1 Å². The Kier molecular flexibility index (Phi) is 5.69. The molecule has 0 bridgehead atoms. The third-order valence-electron chi connectivity index (χ3n) is 2.04. The van der Waals surface area contributed by atoms with E-state index in [-0.39, 0.29) is 0 Å². The molecule has 0 aliphatic rings. The molecule has 1 aromatic rings. The van der Waals surface area contributed by atoms with Gasteiger partial charge in [-0.2, -0.15) is 4.98 Å². The number of rotatable bonds is 7. The third-order valence-corrected chi connectivity index (χ3v) is 2.04. The van der Waals surface area contributed by atoms with Crippen LogP contribution in [-0.2, 0) is 4.74 Å². The molecule has 1 aromatic heterocycles. The first kappa shape index (κ1) is 13.7. The van der Waals surface area contributed by atoms with Gasteiger partial charge in [0.1, 0.15) is 18.2 Å². The van der Waals surface area contributed by atoms with E-state index in [4.69, 9.17) is 9.47 Å². The Morgan fingerprint density at radius 2 is 2.06 bits per heavy atom. The highest BCUT2D eigenvalue weighted by Gasteiger charge is 2.03. The van der Waals surface area contributed by atoms with Crippen LogP contribution in [0.1, 0.15) is 19.7 Å². The Morgan fingerprint density at radius 3 is 2.71 bits per heavy atom. The summed E-state index contributed by atoms with van der Waals surface area (Å²) in [7, 11) is 1.64. The molecule has 5 heteroatoms. The Morgan fingerprint density at radius 1 is 1.29 bits per heavy atom. The lowest BCUT2D eigenvalue weighted by Crippen LogP contribution is -2.11. The maximum atomic E-state index is 5.46. The van der Waals surface area contributed by atoms with Gasteiger partial charge in [-0.3, -0.25) is 0 Å². The summed E-state index contributed by atoms with van der Waals surface area (Å²) in [6, 6.07) is 1.81. The van der Waals surface area contributed by atoms with Gasteiger partial charge < -0.3 is 14.8 Å². The number of anilines is 1. The number of ether oxygens (including phenoxy) is 2. The van der Waals surface area contributed by atoms with Crippen LogP contribution in [0.15, 0.2) is 6.07 Å². The molecule has 0 radical (unpaired) electrons. The van der Waals surface area contributed by atoms with E-state index in [9.17, 15) is 0 Å². The van der Waals surface area contributed by atoms with E-state index in [1.54, 1.807) is 7.11 Å². The van der Waals surface area contributed by atoms with E-state index in [1.807, 2.05) is 13.0 Å². The van der Waals surface area contributed by atoms with E-state index >= 15 is 0 Å². The van der Waals surface area contributed by atoms with Crippen LogP contribution >= 0.6 is 0 Å². The molecule has 5 nitrogen and oxygen atoms in total. The zero-order valence-electron chi connectivity index (χ0n) is 11.0. The second-order valence-corrected chi connectivity index (χ2v) is 4.25. The summed E-state index contributed by atoms with van der Waals surface area (Å²) in [5.41, 5.74) is 0. The maximum absolute atomic E-state index is 5.46. The van der Waals surface area contributed by atoms with Gasteiger partial charge in [-0.25, -0.2) is 4.98 Å². The Bertz CT molecular complexity index is 343. The van der Waals surface area contributed by atoms with Crippen LogP contribution in [0.2, 0.25) is 0 Å². The summed E-state index contributed by atoms with van der Waals surface area (Å²) in [5, 5.41) is 3.25. The number of hydrogen-bond acceptors (Lipinski definition) is 5. The number of methoxy groups -OCH3 is 1. The molecule has 17 heavy (non-hydrogen) atoms. The molecule has 0 saturated heterocycles. The molecule has 1 N–H and O–H groups in total. The van der Waals surface area contributed by atoms with E-state index in [0.717, 1.165) is 12.4 Å². The lowest BCUT2D eigenvalue weighted by atomic mass is 10.2. The molecule has 0 aromatic carbocycles. The highest BCUT2D eigenvalue weighted by atomic mass is 16.5. The van der Waals surface area contributed by atoms with E-state index in [0.29, 0.717) is 30.8 Å². The summed E-state index contributed by atoms with van der Waals surface area (Å²) in [4.78, 5) is 8.50. The smallest absolute Gasteiger partial charge is 0.218 e. The second kappa shape index (κ2) is 7.06. The minimum Gasteiger partial charge on any atom is -0.475 e. The summed E-state index contributed by atoms with van der Waals surface area (Å²) in [6.45, 7) is 8.08. The molecule has 0 aliphatic carbocycles. The quantitative estimate of drug-likeness (QED) is 0.736. The van der Waals surface area contributed by atoms with Crippen molar-refractivity contribution in [2.75, 3.05) is 32.2 Å². The first-order valence-corrected chi connectivity index (χ1v) is 5.83. The number of aromatic nitrogens is 2. The van der Waals surface area contributed by atoms with Gasteiger partial charge in [0.05, 0.1) is 6.61 Å². The van der Waals surface area contributed by atoms with Crippen LogP contribution in [-0.4, -0.2) is 36.8 Å². The number of nitrogens with one attached hydrogen (secondary N) is 1. The summed E-state index contributed by atoms with van der Waals surface area (Å²) in [5.74, 6) is 2.66. The van der Waals surface area contributed by atoms with Gasteiger partial charge in [0.15, 0.2) is 0 Å². The van der Waals surface area contributed by atoms with Crippen LogP contribution in [0, 0.1) is 12.8 Å². The summed E-state index contributed by atoms with van der Waals surface area (Å²) >= 11 is 0. The molecule has 0 amide bonds.